The van der Waals surface area contributed by atoms with E-state index in [1.54, 1.807) is 6.07 Å². The van der Waals surface area contributed by atoms with Gasteiger partial charge < -0.3 is 9.67 Å². The number of carboxylic acid groups (broad SMARTS) is 1. The molecule has 4 heteroatoms. The van der Waals surface area contributed by atoms with E-state index >= 15 is 0 Å². The number of rotatable bonds is 5. The molecule has 102 valence electrons. The molecule has 0 fully saturated rings. The van der Waals surface area contributed by atoms with Crippen molar-refractivity contribution in [2.24, 2.45) is 0 Å². The summed E-state index contributed by atoms with van der Waals surface area (Å²) in [5, 5.41) is 10.9. The summed E-state index contributed by atoms with van der Waals surface area (Å²) in [6.45, 7) is 7.17. The summed E-state index contributed by atoms with van der Waals surface area (Å²) >= 11 is 1.88. The first kappa shape index (κ1) is 14.0. The van der Waals surface area contributed by atoms with Crippen LogP contribution >= 0.6 is 11.8 Å². The number of carbonyl (C=O) groups is 1. The normalized spacial score (nSPS) is 11.4. The fraction of sp³-hybridized carbons (Fsp3) is 0.400. The monoisotopic (exact) mass is 277 g/mol. The molecule has 0 saturated heterocycles. The van der Waals surface area contributed by atoms with Gasteiger partial charge in [0.25, 0.3) is 0 Å². The van der Waals surface area contributed by atoms with Crippen molar-refractivity contribution in [1.29, 1.82) is 0 Å². The fourth-order valence-corrected chi connectivity index (χ4v) is 2.97. The Bertz CT molecular complexity index is 601. The largest absolute Gasteiger partial charge is 0.478 e. The second kappa shape index (κ2) is 5.70. The molecule has 1 aromatic carbocycles. The van der Waals surface area contributed by atoms with E-state index in [4.69, 9.17) is 0 Å². The van der Waals surface area contributed by atoms with Crippen LogP contribution in [0.15, 0.2) is 24.4 Å². The van der Waals surface area contributed by atoms with Crippen LogP contribution in [0, 0.1) is 0 Å². The molecule has 0 unspecified atom stereocenters. The van der Waals surface area contributed by atoms with E-state index in [0.717, 1.165) is 23.2 Å². The van der Waals surface area contributed by atoms with Crippen molar-refractivity contribution in [3.63, 3.8) is 0 Å². The van der Waals surface area contributed by atoms with Crippen LogP contribution in [0.4, 0.5) is 0 Å². The number of para-hydroxylation sites is 1. The zero-order valence-corrected chi connectivity index (χ0v) is 12.3. The topological polar surface area (TPSA) is 42.2 Å². The van der Waals surface area contributed by atoms with Crippen LogP contribution in [0.2, 0.25) is 0 Å². The van der Waals surface area contributed by atoms with Crippen molar-refractivity contribution >= 4 is 28.6 Å². The van der Waals surface area contributed by atoms with Gasteiger partial charge in [-0.15, -0.1) is 0 Å². The molecule has 0 bridgehead atoms. The second-order valence-electron chi connectivity index (χ2n) is 4.81. The summed E-state index contributed by atoms with van der Waals surface area (Å²) in [5.41, 5.74) is 2.45. The minimum atomic E-state index is -0.860. The number of hydrogen-bond acceptors (Lipinski definition) is 2. The van der Waals surface area contributed by atoms with E-state index in [1.165, 1.54) is 5.56 Å². The van der Waals surface area contributed by atoms with Crippen LogP contribution in [0.5, 0.6) is 0 Å². The predicted octanol–water partition coefficient (Wildman–Crippen LogP) is 4.00. The van der Waals surface area contributed by atoms with Gasteiger partial charge >= 0.3 is 5.97 Å². The fourth-order valence-electron chi connectivity index (χ4n) is 2.23. The van der Waals surface area contributed by atoms with Gasteiger partial charge in [-0.3, -0.25) is 0 Å². The highest BCUT2D eigenvalue weighted by atomic mass is 32.2. The average Bonchev–Trinajstić information content (AvgIpc) is 2.74. The SMILES string of the molecule is CCn1cc(CSC(C)C)c2cccc(C(=O)O)c21. The van der Waals surface area contributed by atoms with Crippen molar-refractivity contribution in [1.82, 2.24) is 4.57 Å². The van der Waals surface area contributed by atoms with Crippen molar-refractivity contribution in [3.8, 4) is 0 Å². The number of benzene rings is 1. The van der Waals surface area contributed by atoms with Crippen molar-refractivity contribution in [2.45, 2.75) is 38.3 Å². The van der Waals surface area contributed by atoms with Gasteiger partial charge in [0.2, 0.25) is 0 Å². The molecule has 1 aromatic heterocycles. The van der Waals surface area contributed by atoms with Crippen LogP contribution in [0.1, 0.15) is 36.7 Å². The van der Waals surface area contributed by atoms with Crippen molar-refractivity contribution < 1.29 is 9.90 Å². The molecule has 0 aliphatic rings. The Balaban J connectivity index is 2.56. The molecule has 0 aliphatic heterocycles. The Hall–Kier alpha value is -1.42. The number of thioether (sulfide) groups is 1. The highest BCUT2D eigenvalue weighted by Crippen LogP contribution is 2.29. The Morgan fingerprint density at radius 2 is 2.16 bits per heavy atom. The van der Waals surface area contributed by atoms with Crippen molar-refractivity contribution in [2.75, 3.05) is 0 Å². The lowest BCUT2D eigenvalue weighted by molar-refractivity contribution is 0.0698. The summed E-state index contributed by atoms with van der Waals surface area (Å²) < 4.78 is 2.04. The molecular weight excluding hydrogens is 258 g/mol. The standard InChI is InChI=1S/C15H19NO2S/c1-4-16-8-11(9-19-10(2)3)12-6-5-7-13(14(12)16)15(17)18/h5-8,10H,4,9H2,1-3H3,(H,17,18). The number of hydrogen-bond donors (Lipinski definition) is 1. The zero-order valence-electron chi connectivity index (χ0n) is 11.5. The maximum absolute atomic E-state index is 11.3. The molecule has 1 heterocycles. The highest BCUT2D eigenvalue weighted by Gasteiger charge is 2.15. The van der Waals surface area contributed by atoms with Crippen LogP contribution in [-0.2, 0) is 12.3 Å². The molecule has 1 N–H and O–H groups in total. The van der Waals surface area contributed by atoms with Gasteiger partial charge in [0.15, 0.2) is 0 Å². The molecule has 0 aliphatic carbocycles. The first-order chi connectivity index (χ1) is 9.04. The van der Waals surface area contributed by atoms with Gasteiger partial charge in [-0.1, -0.05) is 26.0 Å². The number of fused-ring (bicyclic) bond motifs is 1. The van der Waals surface area contributed by atoms with Crippen LogP contribution < -0.4 is 0 Å². The lowest BCUT2D eigenvalue weighted by Gasteiger charge is -2.04. The molecule has 0 spiro atoms. The summed E-state index contributed by atoms with van der Waals surface area (Å²) in [7, 11) is 0. The average molecular weight is 277 g/mol. The molecule has 0 atom stereocenters. The summed E-state index contributed by atoms with van der Waals surface area (Å²) in [6, 6.07) is 5.52. The Morgan fingerprint density at radius 1 is 1.42 bits per heavy atom. The summed E-state index contributed by atoms with van der Waals surface area (Å²) in [5.74, 6) is 0.0611. The highest BCUT2D eigenvalue weighted by molar-refractivity contribution is 7.99. The van der Waals surface area contributed by atoms with Gasteiger partial charge in [0, 0.05) is 23.9 Å². The first-order valence-electron chi connectivity index (χ1n) is 6.50. The maximum Gasteiger partial charge on any atom is 0.337 e. The van der Waals surface area contributed by atoms with Gasteiger partial charge in [0.05, 0.1) is 11.1 Å². The van der Waals surface area contributed by atoms with Gasteiger partial charge in [-0.25, -0.2) is 4.79 Å². The van der Waals surface area contributed by atoms with E-state index in [0.29, 0.717) is 10.8 Å². The maximum atomic E-state index is 11.3. The molecule has 3 nitrogen and oxygen atoms in total. The van der Waals surface area contributed by atoms with E-state index in [9.17, 15) is 9.90 Å². The van der Waals surface area contributed by atoms with Crippen LogP contribution in [0.25, 0.3) is 10.9 Å². The summed E-state index contributed by atoms with van der Waals surface area (Å²) in [6.07, 6.45) is 2.09. The molecular formula is C15H19NO2S. The quantitative estimate of drug-likeness (QED) is 0.898. The molecule has 2 aromatic rings. The van der Waals surface area contributed by atoms with E-state index in [1.807, 2.05) is 35.4 Å². The van der Waals surface area contributed by atoms with Crippen LogP contribution in [0.3, 0.4) is 0 Å². The molecule has 0 saturated carbocycles. The third-order valence-corrected chi connectivity index (χ3v) is 4.27. The minimum Gasteiger partial charge on any atom is -0.478 e. The third kappa shape index (κ3) is 2.78. The number of aromatic carboxylic acids is 1. The Labute approximate surface area is 117 Å². The zero-order chi connectivity index (χ0) is 14.0. The lowest BCUT2D eigenvalue weighted by atomic mass is 10.1. The molecule has 0 amide bonds. The second-order valence-corrected chi connectivity index (χ2v) is 6.37. The van der Waals surface area contributed by atoms with Crippen LogP contribution in [-0.4, -0.2) is 20.9 Å². The lowest BCUT2D eigenvalue weighted by Crippen LogP contribution is -2.01. The summed E-state index contributed by atoms with van der Waals surface area (Å²) in [4.78, 5) is 11.3. The Kier molecular flexibility index (Phi) is 4.20. The smallest absolute Gasteiger partial charge is 0.337 e. The number of carboxylic acids is 1. The molecule has 0 radical (unpaired) electrons. The third-order valence-electron chi connectivity index (χ3n) is 3.12. The van der Waals surface area contributed by atoms with E-state index in [2.05, 4.69) is 20.0 Å². The Morgan fingerprint density at radius 3 is 2.74 bits per heavy atom. The van der Waals surface area contributed by atoms with Gasteiger partial charge in [-0.05, 0) is 23.8 Å². The van der Waals surface area contributed by atoms with Crippen molar-refractivity contribution in [3.05, 3.63) is 35.5 Å². The van der Waals surface area contributed by atoms with Gasteiger partial charge in [-0.2, -0.15) is 11.8 Å². The first-order valence-corrected chi connectivity index (χ1v) is 7.55. The molecule has 2 rings (SSSR count). The molecule has 19 heavy (non-hydrogen) atoms. The minimum absolute atomic E-state index is 0.389. The number of nitrogens with zero attached hydrogens (tertiary/aromatic N) is 1. The van der Waals surface area contributed by atoms with Gasteiger partial charge in [0.1, 0.15) is 0 Å². The van der Waals surface area contributed by atoms with E-state index < -0.39 is 5.97 Å². The predicted molar refractivity (Wildman–Crippen MR) is 81.0 cm³/mol. The number of aryl methyl sites for hydroxylation is 1. The number of aromatic nitrogens is 1. The van der Waals surface area contributed by atoms with E-state index in [-0.39, 0.29) is 0 Å².